The molecular formula is C17H18FNO5S. The predicted octanol–water partition coefficient (Wildman–Crippen LogP) is 2.33. The molecule has 2 aromatic carbocycles. The lowest BCUT2D eigenvalue weighted by Crippen LogP contribution is -2.16. The Labute approximate surface area is 145 Å². The van der Waals surface area contributed by atoms with Crippen molar-refractivity contribution >= 4 is 16.0 Å². The Morgan fingerprint density at radius 3 is 2.32 bits per heavy atom. The first-order valence-electron chi connectivity index (χ1n) is 7.37. The zero-order valence-electron chi connectivity index (χ0n) is 13.8. The van der Waals surface area contributed by atoms with Gasteiger partial charge in [0, 0.05) is 0 Å². The summed E-state index contributed by atoms with van der Waals surface area (Å²) in [5.74, 6) is -1.25. The van der Waals surface area contributed by atoms with Crippen LogP contribution >= 0.6 is 0 Å². The molecule has 0 fully saturated rings. The van der Waals surface area contributed by atoms with E-state index in [0.717, 1.165) is 29.3 Å². The Morgan fingerprint density at radius 1 is 1.08 bits per heavy atom. The highest BCUT2D eigenvalue weighted by atomic mass is 32.2. The Kier molecular flexibility index (Phi) is 5.76. The third kappa shape index (κ3) is 5.27. The number of carbonyl (C=O) groups is 1. The van der Waals surface area contributed by atoms with Crippen LogP contribution in [-0.4, -0.2) is 27.6 Å². The van der Waals surface area contributed by atoms with Gasteiger partial charge in [0.25, 0.3) is 0 Å². The van der Waals surface area contributed by atoms with Gasteiger partial charge in [-0.05, 0) is 55.3 Å². The first kappa shape index (κ1) is 18.9. The van der Waals surface area contributed by atoms with Gasteiger partial charge >= 0.3 is 5.97 Å². The molecule has 25 heavy (non-hydrogen) atoms. The summed E-state index contributed by atoms with van der Waals surface area (Å²) in [5, 5.41) is 4.96. The highest BCUT2D eigenvalue weighted by Crippen LogP contribution is 2.17. The summed E-state index contributed by atoms with van der Waals surface area (Å²) < 4.78 is 46.6. The molecule has 0 amide bonds. The molecule has 0 aliphatic heterocycles. The number of ether oxygens (including phenoxy) is 2. The standard InChI is InChI=1S/C17H18FNO5S/c1-11-7-12(2)9-13(8-11)23-5-6-24-17(20)15-10-14(25(19,21)22)3-4-16(15)18/h3-4,7-10H,5-6H2,1-2H3,(H2,19,21,22). The van der Waals surface area contributed by atoms with E-state index in [-0.39, 0.29) is 18.1 Å². The molecule has 0 heterocycles. The average Bonchev–Trinajstić information content (AvgIpc) is 2.49. The van der Waals surface area contributed by atoms with E-state index in [0.29, 0.717) is 5.75 Å². The van der Waals surface area contributed by atoms with Crippen LogP contribution in [0, 0.1) is 19.7 Å². The first-order valence-corrected chi connectivity index (χ1v) is 8.92. The largest absolute Gasteiger partial charge is 0.490 e. The van der Waals surface area contributed by atoms with Gasteiger partial charge in [-0.25, -0.2) is 22.7 Å². The second-order valence-electron chi connectivity index (χ2n) is 5.49. The SMILES string of the molecule is Cc1cc(C)cc(OCCOC(=O)c2cc(S(N)(=O)=O)ccc2F)c1. The smallest absolute Gasteiger partial charge is 0.341 e. The van der Waals surface area contributed by atoms with Crippen LogP contribution in [0.3, 0.4) is 0 Å². The summed E-state index contributed by atoms with van der Waals surface area (Å²) >= 11 is 0. The van der Waals surface area contributed by atoms with Crippen LogP contribution in [0.2, 0.25) is 0 Å². The summed E-state index contributed by atoms with van der Waals surface area (Å²) in [6.07, 6.45) is 0. The molecule has 2 N–H and O–H groups in total. The maximum atomic E-state index is 13.7. The van der Waals surface area contributed by atoms with Crippen LogP contribution in [0.15, 0.2) is 41.3 Å². The fraction of sp³-hybridized carbons (Fsp3) is 0.235. The number of halogens is 1. The van der Waals surface area contributed by atoms with Crippen molar-refractivity contribution in [3.63, 3.8) is 0 Å². The molecule has 0 radical (unpaired) electrons. The minimum atomic E-state index is -4.04. The summed E-state index contributed by atoms with van der Waals surface area (Å²) in [6.45, 7) is 3.82. The average molecular weight is 367 g/mol. The van der Waals surface area contributed by atoms with E-state index in [2.05, 4.69) is 0 Å². The van der Waals surface area contributed by atoms with Crippen LogP contribution in [0.5, 0.6) is 5.75 Å². The highest BCUT2D eigenvalue weighted by molar-refractivity contribution is 7.89. The van der Waals surface area contributed by atoms with Gasteiger partial charge in [-0.1, -0.05) is 6.07 Å². The van der Waals surface area contributed by atoms with Gasteiger partial charge in [-0.3, -0.25) is 0 Å². The molecule has 0 atom stereocenters. The summed E-state index contributed by atoms with van der Waals surface area (Å²) in [4.78, 5) is 11.5. The molecule has 0 aromatic heterocycles. The highest BCUT2D eigenvalue weighted by Gasteiger charge is 2.18. The second kappa shape index (κ2) is 7.62. The van der Waals surface area contributed by atoms with Crippen molar-refractivity contribution in [2.24, 2.45) is 5.14 Å². The van der Waals surface area contributed by atoms with Gasteiger partial charge in [-0.2, -0.15) is 0 Å². The molecule has 2 aromatic rings. The van der Waals surface area contributed by atoms with E-state index in [1.807, 2.05) is 32.0 Å². The quantitative estimate of drug-likeness (QED) is 0.624. The zero-order chi connectivity index (χ0) is 18.6. The predicted molar refractivity (Wildman–Crippen MR) is 89.5 cm³/mol. The fourth-order valence-electron chi connectivity index (χ4n) is 2.23. The number of benzene rings is 2. The molecule has 8 heteroatoms. The summed E-state index contributed by atoms with van der Waals surface area (Å²) in [7, 11) is -4.04. The van der Waals surface area contributed by atoms with Crippen molar-refractivity contribution in [3.8, 4) is 5.75 Å². The molecule has 0 saturated heterocycles. The number of rotatable bonds is 6. The van der Waals surface area contributed by atoms with Gasteiger partial charge in [0.05, 0.1) is 10.5 Å². The minimum Gasteiger partial charge on any atom is -0.490 e. The maximum Gasteiger partial charge on any atom is 0.341 e. The minimum absolute atomic E-state index is 0.0745. The monoisotopic (exact) mass is 367 g/mol. The molecule has 0 aliphatic carbocycles. The number of sulfonamides is 1. The van der Waals surface area contributed by atoms with Crippen molar-refractivity contribution < 1.29 is 27.1 Å². The van der Waals surface area contributed by atoms with E-state index in [9.17, 15) is 17.6 Å². The van der Waals surface area contributed by atoms with Crippen LogP contribution < -0.4 is 9.88 Å². The van der Waals surface area contributed by atoms with Gasteiger partial charge in [0.1, 0.15) is 24.8 Å². The Bertz CT molecular complexity index is 876. The van der Waals surface area contributed by atoms with E-state index in [4.69, 9.17) is 14.6 Å². The van der Waals surface area contributed by atoms with E-state index in [1.54, 1.807) is 0 Å². The van der Waals surface area contributed by atoms with E-state index >= 15 is 0 Å². The lowest BCUT2D eigenvalue weighted by Gasteiger charge is -2.10. The van der Waals surface area contributed by atoms with Crippen molar-refractivity contribution in [3.05, 3.63) is 58.9 Å². The van der Waals surface area contributed by atoms with Crippen LogP contribution in [0.1, 0.15) is 21.5 Å². The van der Waals surface area contributed by atoms with E-state index < -0.39 is 27.4 Å². The lowest BCUT2D eigenvalue weighted by molar-refractivity contribution is 0.0445. The topological polar surface area (TPSA) is 95.7 Å². The summed E-state index contributed by atoms with van der Waals surface area (Å²) in [6, 6.07) is 8.34. The number of aryl methyl sites for hydroxylation is 2. The van der Waals surface area contributed by atoms with Gasteiger partial charge < -0.3 is 9.47 Å². The second-order valence-corrected chi connectivity index (χ2v) is 7.06. The number of esters is 1. The van der Waals surface area contributed by atoms with Crippen molar-refractivity contribution in [2.45, 2.75) is 18.7 Å². The fourth-order valence-corrected chi connectivity index (χ4v) is 2.77. The van der Waals surface area contributed by atoms with Gasteiger partial charge in [0.2, 0.25) is 10.0 Å². The maximum absolute atomic E-state index is 13.7. The third-order valence-electron chi connectivity index (χ3n) is 3.27. The van der Waals surface area contributed by atoms with Crippen LogP contribution in [-0.2, 0) is 14.8 Å². The Morgan fingerprint density at radius 2 is 1.72 bits per heavy atom. The molecule has 0 aliphatic rings. The lowest BCUT2D eigenvalue weighted by atomic mass is 10.1. The Hall–Kier alpha value is -2.45. The molecule has 0 spiro atoms. The normalized spacial score (nSPS) is 11.2. The van der Waals surface area contributed by atoms with Crippen LogP contribution in [0.25, 0.3) is 0 Å². The van der Waals surface area contributed by atoms with Gasteiger partial charge in [0.15, 0.2) is 0 Å². The third-order valence-corrected chi connectivity index (χ3v) is 4.18. The zero-order valence-corrected chi connectivity index (χ0v) is 14.6. The van der Waals surface area contributed by atoms with Crippen molar-refractivity contribution in [1.82, 2.24) is 0 Å². The number of hydrogen-bond donors (Lipinski definition) is 1. The molecule has 0 unspecified atom stereocenters. The molecular weight excluding hydrogens is 349 g/mol. The molecule has 134 valence electrons. The van der Waals surface area contributed by atoms with Crippen LogP contribution in [0.4, 0.5) is 4.39 Å². The van der Waals surface area contributed by atoms with Crippen molar-refractivity contribution in [1.29, 1.82) is 0 Å². The number of primary sulfonamides is 1. The number of nitrogens with two attached hydrogens (primary N) is 1. The first-order chi connectivity index (χ1) is 11.7. The van der Waals surface area contributed by atoms with Crippen molar-refractivity contribution in [2.75, 3.05) is 13.2 Å². The van der Waals surface area contributed by atoms with Gasteiger partial charge in [-0.15, -0.1) is 0 Å². The number of hydrogen-bond acceptors (Lipinski definition) is 5. The molecule has 0 bridgehead atoms. The molecule has 6 nitrogen and oxygen atoms in total. The van der Waals surface area contributed by atoms with E-state index in [1.165, 1.54) is 0 Å². The Balaban J connectivity index is 1.96. The summed E-state index contributed by atoms with van der Waals surface area (Å²) in [5.41, 5.74) is 1.57. The number of carbonyl (C=O) groups excluding carboxylic acids is 1. The molecule has 0 saturated carbocycles. The molecule has 2 rings (SSSR count).